The third-order valence-corrected chi connectivity index (χ3v) is 8.35. The predicted molar refractivity (Wildman–Crippen MR) is 154 cm³/mol. The zero-order chi connectivity index (χ0) is 25.1. The van der Waals surface area contributed by atoms with Crippen molar-refractivity contribution in [3.63, 3.8) is 0 Å². The molecule has 6 heteroatoms. The lowest BCUT2D eigenvalue weighted by molar-refractivity contribution is 0.613. The molecule has 2 aliphatic rings. The van der Waals surface area contributed by atoms with Gasteiger partial charge in [-0.05, 0) is 90.3 Å². The molecule has 2 atom stereocenters. The summed E-state index contributed by atoms with van der Waals surface area (Å²) in [5.41, 5.74) is 6.86. The molecule has 8 rings (SSSR count). The number of fused-ring (bicyclic) bond motifs is 4. The highest BCUT2D eigenvalue weighted by atomic mass is 15.0. The topological polar surface area (TPSA) is 81.4 Å². The lowest BCUT2D eigenvalue weighted by Gasteiger charge is -2.08. The third kappa shape index (κ3) is 3.71. The van der Waals surface area contributed by atoms with E-state index in [9.17, 15) is 0 Å². The summed E-state index contributed by atoms with van der Waals surface area (Å²) < 4.78 is 0. The van der Waals surface area contributed by atoms with Crippen LogP contribution in [0.1, 0.15) is 49.4 Å². The second-order valence-electron chi connectivity index (χ2n) is 10.8. The zero-order valence-corrected chi connectivity index (χ0v) is 21.2. The molecule has 6 aromatic rings. The van der Waals surface area contributed by atoms with Gasteiger partial charge in [0.25, 0.3) is 0 Å². The molecule has 4 N–H and O–H groups in total. The van der Waals surface area contributed by atoms with E-state index in [1.165, 1.54) is 51.1 Å². The predicted octanol–water partition coefficient (Wildman–Crippen LogP) is 6.78. The molecule has 2 fully saturated rings. The molecule has 4 aromatic carbocycles. The Labute approximate surface area is 220 Å². The molecule has 0 radical (unpaired) electrons. The van der Waals surface area contributed by atoms with E-state index in [0.29, 0.717) is 12.1 Å². The summed E-state index contributed by atoms with van der Waals surface area (Å²) in [5.74, 6) is 2.10. The van der Waals surface area contributed by atoms with Crippen LogP contribution in [0.15, 0.2) is 72.9 Å². The smallest absolute Gasteiger partial charge is 0.124 e. The molecule has 2 aromatic heterocycles. The van der Waals surface area contributed by atoms with Gasteiger partial charge in [-0.25, -0.2) is 9.97 Å². The Kier molecular flexibility index (Phi) is 5.10. The van der Waals surface area contributed by atoms with Crippen molar-refractivity contribution in [2.75, 3.05) is 13.1 Å². The van der Waals surface area contributed by atoms with Crippen molar-refractivity contribution in [3.8, 4) is 22.4 Å². The monoisotopic (exact) mass is 498 g/mol. The fraction of sp³-hybridized carbons (Fsp3) is 0.250. The van der Waals surface area contributed by atoms with E-state index >= 15 is 0 Å². The molecular formula is C32H30N6. The highest BCUT2D eigenvalue weighted by Gasteiger charge is 2.21. The maximum atomic E-state index is 4.99. The molecule has 0 saturated carbocycles. The number of H-pyrrole nitrogens is 2. The molecule has 38 heavy (non-hydrogen) atoms. The molecule has 4 heterocycles. The van der Waals surface area contributed by atoms with Crippen molar-refractivity contribution in [2.24, 2.45) is 0 Å². The van der Waals surface area contributed by atoms with E-state index < -0.39 is 0 Å². The van der Waals surface area contributed by atoms with Crippen LogP contribution < -0.4 is 10.6 Å². The Morgan fingerprint density at radius 2 is 1.29 bits per heavy atom. The summed E-state index contributed by atoms with van der Waals surface area (Å²) in [7, 11) is 0. The van der Waals surface area contributed by atoms with Gasteiger partial charge in [0.15, 0.2) is 0 Å². The normalized spacial score (nSPS) is 19.8. The van der Waals surface area contributed by atoms with Gasteiger partial charge in [0.05, 0.1) is 35.0 Å². The van der Waals surface area contributed by atoms with Gasteiger partial charge < -0.3 is 20.6 Å². The lowest BCUT2D eigenvalue weighted by atomic mass is 9.97. The van der Waals surface area contributed by atoms with E-state index in [0.717, 1.165) is 54.3 Å². The van der Waals surface area contributed by atoms with E-state index in [2.05, 4.69) is 92.3 Å². The van der Waals surface area contributed by atoms with Crippen LogP contribution in [0.4, 0.5) is 0 Å². The van der Waals surface area contributed by atoms with Crippen LogP contribution in [0.5, 0.6) is 0 Å². The number of aromatic amines is 2. The molecule has 188 valence electrons. The van der Waals surface area contributed by atoms with Gasteiger partial charge in [-0.2, -0.15) is 0 Å². The van der Waals surface area contributed by atoms with Crippen molar-refractivity contribution in [3.05, 3.63) is 84.6 Å². The maximum absolute atomic E-state index is 4.99. The molecule has 0 aliphatic carbocycles. The summed E-state index contributed by atoms with van der Waals surface area (Å²) >= 11 is 0. The number of aromatic nitrogens is 4. The summed E-state index contributed by atoms with van der Waals surface area (Å²) in [4.78, 5) is 16.7. The first kappa shape index (κ1) is 22.0. The van der Waals surface area contributed by atoms with Gasteiger partial charge in [-0.3, -0.25) is 0 Å². The van der Waals surface area contributed by atoms with Crippen LogP contribution in [0.25, 0.3) is 55.0 Å². The Morgan fingerprint density at radius 1 is 0.632 bits per heavy atom. The fourth-order valence-corrected chi connectivity index (χ4v) is 6.25. The van der Waals surface area contributed by atoms with Crippen LogP contribution in [0.2, 0.25) is 0 Å². The van der Waals surface area contributed by atoms with Gasteiger partial charge >= 0.3 is 0 Å². The van der Waals surface area contributed by atoms with Gasteiger partial charge in [-0.1, -0.05) is 42.5 Å². The molecular weight excluding hydrogens is 468 g/mol. The Bertz CT molecular complexity index is 1800. The van der Waals surface area contributed by atoms with E-state index in [1.54, 1.807) is 0 Å². The summed E-state index contributed by atoms with van der Waals surface area (Å²) in [6, 6.07) is 25.2. The number of imidazole rings is 2. The van der Waals surface area contributed by atoms with E-state index in [4.69, 9.17) is 4.98 Å². The van der Waals surface area contributed by atoms with Gasteiger partial charge in [-0.15, -0.1) is 0 Å². The number of hydrogen-bond acceptors (Lipinski definition) is 4. The molecule has 1 unspecified atom stereocenters. The SMILES string of the molecule is c1cc2cc(-c3cnc([C@@H]4CCCN4)[nH]3)ccc2cc1-c1ccc2c(ccc3[nH]c(C4CCCN4)nc32)c1. The molecule has 0 spiro atoms. The van der Waals surface area contributed by atoms with E-state index in [-0.39, 0.29) is 0 Å². The molecule has 2 saturated heterocycles. The van der Waals surface area contributed by atoms with Gasteiger partial charge in [0, 0.05) is 10.9 Å². The maximum Gasteiger partial charge on any atom is 0.124 e. The van der Waals surface area contributed by atoms with Gasteiger partial charge in [0.1, 0.15) is 11.6 Å². The standard InChI is InChI=1S/C32H30N6/c1-3-27(33-13-1)31-35-18-29(37-31)24-8-7-20-15-19(5-6-21(20)17-24)22-9-11-25-23(16-22)10-12-26-30(25)38-32(36-26)28-4-2-14-34-28/h5-12,15-18,27-28,33-34H,1-4,13-14H2,(H,35,37)(H,36,38)/t27-,28?/m0/s1. The number of nitrogens with zero attached hydrogens (tertiary/aromatic N) is 2. The second-order valence-corrected chi connectivity index (χ2v) is 10.8. The minimum absolute atomic E-state index is 0.342. The second kappa shape index (κ2) is 8.79. The molecule has 0 amide bonds. The van der Waals surface area contributed by atoms with Crippen LogP contribution >= 0.6 is 0 Å². The van der Waals surface area contributed by atoms with Gasteiger partial charge in [0.2, 0.25) is 0 Å². The van der Waals surface area contributed by atoms with Crippen LogP contribution in [-0.4, -0.2) is 33.0 Å². The fourth-order valence-electron chi connectivity index (χ4n) is 6.25. The Hall–Kier alpha value is -4.00. The number of hydrogen-bond donors (Lipinski definition) is 4. The zero-order valence-electron chi connectivity index (χ0n) is 21.2. The number of rotatable bonds is 4. The first-order valence-corrected chi connectivity index (χ1v) is 13.8. The van der Waals surface area contributed by atoms with Crippen LogP contribution in [0.3, 0.4) is 0 Å². The highest BCUT2D eigenvalue weighted by molar-refractivity contribution is 6.05. The first-order valence-electron chi connectivity index (χ1n) is 13.8. The first-order chi connectivity index (χ1) is 18.8. The summed E-state index contributed by atoms with van der Waals surface area (Å²) in [5, 5.41) is 12.0. The average Bonchev–Trinajstić information content (AvgIpc) is 3.78. The highest BCUT2D eigenvalue weighted by Crippen LogP contribution is 2.33. The largest absolute Gasteiger partial charge is 0.341 e. The van der Waals surface area contributed by atoms with Crippen LogP contribution in [-0.2, 0) is 0 Å². The van der Waals surface area contributed by atoms with Crippen molar-refractivity contribution in [2.45, 2.75) is 37.8 Å². The Balaban J connectivity index is 1.11. The molecule has 0 bridgehead atoms. The minimum Gasteiger partial charge on any atom is -0.341 e. The van der Waals surface area contributed by atoms with Crippen molar-refractivity contribution >= 4 is 32.6 Å². The molecule has 6 nitrogen and oxygen atoms in total. The summed E-state index contributed by atoms with van der Waals surface area (Å²) in [6.45, 7) is 2.14. The number of benzene rings is 4. The average molecular weight is 499 g/mol. The van der Waals surface area contributed by atoms with Crippen molar-refractivity contribution in [1.82, 2.24) is 30.6 Å². The van der Waals surface area contributed by atoms with E-state index in [1.807, 2.05) is 6.20 Å². The quantitative estimate of drug-likeness (QED) is 0.216. The van der Waals surface area contributed by atoms with Crippen LogP contribution in [0, 0.1) is 0 Å². The van der Waals surface area contributed by atoms with Crippen molar-refractivity contribution < 1.29 is 0 Å². The Morgan fingerprint density at radius 3 is 2.05 bits per heavy atom. The third-order valence-electron chi connectivity index (χ3n) is 8.35. The minimum atomic E-state index is 0.342. The molecule has 2 aliphatic heterocycles. The summed E-state index contributed by atoms with van der Waals surface area (Å²) in [6.07, 6.45) is 6.67. The number of nitrogens with one attached hydrogen (secondary N) is 4. The van der Waals surface area contributed by atoms with Crippen molar-refractivity contribution in [1.29, 1.82) is 0 Å². The lowest BCUT2D eigenvalue weighted by Crippen LogP contribution is -2.14.